The van der Waals surface area contributed by atoms with Crippen LogP contribution < -0.4 is 5.32 Å². The number of fused-ring (bicyclic) bond motifs is 1. The fourth-order valence-electron chi connectivity index (χ4n) is 2.34. The highest BCUT2D eigenvalue weighted by Crippen LogP contribution is 2.29. The van der Waals surface area contributed by atoms with Crippen molar-refractivity contribution in [3.05, 3.63) is 51.5 Å². The summed E-state index contributed by atoms with van der Waals surface area (Å²) in [6, 6.07) is 9.53. The molecule has 0 fully saturated rings. The number of amides is 1. The molecule has 0 unspecified atom stereocenters. The first-order valence-corrected chi connectivity index (χ1v) is 8.21. The standard InChI is InChI=1S/C17H14ClN3OS/c1-3-8-19-16(22)15-9-13-11(2)20-21(17(13)23-15)10-12-6-4-5-7-14(12)18/h1,4-7,9H,8,10H2,2H3,(H,19,22). The minimum absolute atomic E-state index is 0.159. The minimum Gasteiger partial charge on any atom is -0.340 e. The van der Waals surface area contributed by atoms with Crippen LogP contribution in [0.1, 0.15) is 20.9 Å². The molecule has 0 aliphatic carbocycles. The van der Waals surface area contributed by atoms with Crippen molar-refractivity contribution < 1.29 is 4.79 Å². The van der Waals surface area contributed by atoms with Crippen LogP contribution in [0.5, 0.6) is 0 Å². The Morgan fingerprint density at radius 2 is 2.26 bits per heavy atom. The first-order valence-electron chi connectivity index (χ1n) is 7.02. The molecule has 2 aromatic heterocycles. The van der Waals surface area contributed by atoms with Gasteiger partial charge in [-0.2, -0.15) is 5.10 Å². The van der Waals surface area contributed by atoms with Crippen molar-refractivity contribution in [2.45, 2.75) is 13.5 Å². The number of hydrogen-bond acceptors (Lipinski definition) is 3. The van der Waals surface area contributed by atoms with Gasteiger partial charge in [0.15, 0.2) is 0 Å². The van der Waals surface area contributed by atoms with E-state index >= 15 is 0 Å². The molecule has 6 heteroatoms. The van der Waals surface area contributed by atoms with Crippen molar-refractivity contribution in [2.75, 3.05) is 6.54 Å². The molecule has 1 N–H and O–H groups in total. The number of terminal acetylenes is 1. The molecule has 0 radical (unpaired) electrons. The number of aryl methyl sites for hydroxylation is 1. The Kier molecular flexibility index (Phi) is 4.37. The van der Waals surface area contributed by atoms with Gasteiger partial charge in [-0.25, -0.2) is 0 Å². The molecule has 2 heterocycles. The van der Waals surface area contributed by atoms with Crippen molar-refractivity contribution in [1.82, 2.24) is 15.1 Å². The molecule has 1 amide bonds. The third-order valence-electron chi connectivity index (χ3n) is 3.46. The number of benzene rings is 1. The van der Waals surface area contributed by atoms with Gasteiger partial charge in [-0.3, -0.25) is 9.48 Å². The number of nitrogens with zero attached hydrogens (tertiary/aromatic N) is 2. The Bertz CT molecular complexity index is 920. The van der Waals surface area contributed by atoms with Crippen LogP contribution >= 0.6 is 22.9 Å². The summed E-state index contributed by atoms with van der Waals surface area (Å²) in [4.78, 5) is 13.6. The van der Waals surface area contributed by atoms with Crippen molar-refractivity contribution >= 4 is 39.1 Å². The summed E-state index contributed by atoms with van der Waals surface area (Å²) in [5, 5.41) is 8.92. The quantitative estimate of drug-likeness (QED) is 0.737. The maximum atomic E-state index is 12.1. The van der Waals surface area contributed by atoms with E-state index < -0.39 is 0 Å². The van der Waals surface area contributed by atoms with Crippen LogP contribution in [0.2, 0.25) is 5.02 Å². The van der Waals surface area contributed by atoms with Crippen LogP contribution in [0.4, 0.5) is 0 Å². The van der Waals surface area contributed by atoms with Crippen molar-refractivity contribution in [3.8, 4) is 12.3 Å². The molecule has 0 saturated heterocycles. The van der Waals surface area contributed by atoms with Crippen LogP contribution in [0.3, 0.4) is 0 Å². The van der Waals surface area contributed by atoms with E-state index in [0.717, 1.165) is 21.5 Å². The average molecular weight is 344 g/mol. The van der Waals surface area contributed by atoms with Gasteiger partial charge < -0.3 is 5.32 Å². The van der Waals surface area contributed by atoms with Crippen LogP contribution in [0, 0.1) is 19.3 Å². The van der Waals surface area contributed by atoms with Crippen molar-refractivity contribution in [3.63, 3.8) is 0 Å². The predicted molar refractivity (Wildman–Crippen MR) is 94.1 cm³/mol. The second-order valence-electron chi connectivity index (χ2n) is 5.05. The highest BCUT2D eigenvalue weighted by atomic mass is 35.5. The first-order chi connectivity index (χ1) is 11.1. The zero-order valence-electron chi connectivity index (χ0n) is 12.5. The van der Waals surface area contributed by atoms with Crippen molar-refractivity contribution in [1.29, 1.82) is 0 Å². The van der Waals surface area contributed by atoms with Crippen LogP contribution in [0.25, 0.3) is 10.2 Å². The lowest BCUT2D eigenvalue weighted by Gasteiger charge is -2.05. The summed E-state index contributed by atoms with van der Waals surface area (Å²) in [6.07, 6.45) is 5.17. The number of hydrogen-bond donors (Lipinski definition) is 1. The van der Waals surface area contributed by atoms with E-state index in [2.05, 4.69) is 16.3 Å². The third kappa shape index (κ3) is 3.09. The molecule has 3 rings (SSSR count). The molecule has 4 nitrogen and oxygen atoms in total. The van der Waals surface area contributed by atoms with E-state index in [1.54, 1.807) is 0 Å². The molecule has 0 atom stereocenters. The lowest BCUT2D eigenvalue weighted by atomic mass is 10.2. The van der Waals surface area contributed by atoms with E-state index in [9.17, 15) is 4.79 Å². The highest BCUT2D eigenvalue weighted by Gasteiger charge is 2.16. The zero-order valence-corrected chi connectivity index (χ0v) is 14.0. The molecular weight excluding hydrogens is 330 g/mol. The lowest BCUT2D eigenvalue weighted by molar-refractivity contribution is 0.0963. The fourth-order valence-corrected chi connectivity index (χ4v) is 3.61. The van der Waals surface area contributed by atoms with Gasteiger partial charge in [0, 0.05) is 10.4 Å². The largest absolute Gasteiger partial charge is 0.340 e. The molecule has 0 spiro atoms. The molecule has 3 aromatic rings. The number of nitrogens with one attached hydrogen (secondary N) is 1. The van der Waals surface area contributed by atoms with Gasteiger partial charge in [0.2, 0.25) is 0 Å². The van der Waals surface area contributed by atoms with E-state index in [0.29, 0.717) is 16.4 Å². The lowest BCUT2D eigenvalue weighted by Crippen LogP contribution is -2.22. The van der Waals surface area contributed by atoms with E-state index in [4.69, 9.17) is 18.0 Å². The Morgan fingerprint density at radius 3 is 3.00 bits per heavy atom. The number of carbonyl (C=O) groups excluding carboxylic acids is 1. The van der Waals surface area contributed by atoms with Gasteiger partial charge in [-0.15, -0.1) is 17.8 Å². The molecule has 116 valence electrons. The van der Waals surface area contributed by atoms with E-state index in [1.807, 2.05) is 41.9 Å². The van der Waals surface area contributed by atoms with Gasteiger partial charge >= 0.3 is 0 Å². The molecule has 0 saturated carbocycles. The molecule has 23 heavy (non-hydrogen) atoms. The van der Waals surface area contributed by atoms with E-state index in [1.165, 1.54) is 11.3 Å². The molecule has 0 aliphatic heterocycles. The summed E-state index contributed by atoms with van der Waals surface area (Å²) in [5.41, 5.74) is 1.88. The molecule has 0 aliphatic rings. The maximum absolute atomic E-state index is 12.1. The summed E-state index contributed by atoms with van der Waals surface area (Å²) in [6.45, 7) is 2.72. The monoisotopic (exact) mass is 343 g/mol. The fraction of sp³-hybridized carbons (Fsp3) is 0.176. The Morgan fingerprint density at radius 1 is 1.48 bits per heavy atom. The van der Waals surface area contributed by atoms with Crippen LogP contribution in [0.15, 0.2) is 30.3 Å². The number of carbonyl (C=O) groups is 1. The number of rotatable bonds is 4. The molecule has 0 bridgehead atoms. The smallest absolute Gasteiger partial charge is 0.262 e. The van der Waals surface area contributed by atoms with Crippen molar-refractivity contribution in [2.24, 2.45) is 0 Å². The molecular formula is C17H14ClN3OS. The van der Waals surface area contributed by atoms with Gasteiger partial charge in [-0.1, -0.05) is 35.7 Å². The number of halogens is 1. The second kappa shape index (κ2) is 6.45. The normalized spacial score (nSPS) is 10.7. The van der Waals surface area contributed by atoms with E-state index in [-0.39, 0.29) is 12.5 Å². The Hall–Kier alpha value is -2.29. The Labute approximate surface area is 143 Å². The maximum Gasteiger partial charge on any atom is 0.262 e. The highest BCUT2D eigenvalue weighted by molar-refractivity contribution is 7.20. The van der Waals surface area contributed by atoms with Gasteiger partial charge in [0.05, 0.1) is 23.7 Å². The average Bonchev–Trinajstić information content (AvgIpc) is 3.09. The van der Waals surface area contributed by atoms with Crippen LogP contribution in [-0.4, -0.2) is 22.2 Å². The zero-order chi connectivity index (χ0) is 16.4. The van der Waals surface area contributed by atoms with Crippen LogP contribution in [-0.2, 0) is 6.54 Å². The minimum atomic E-state index is -0.159. The first kappa shape index (κ1) is 15.6. The third-order valence-corrected chi connectivity index (χ3v) is 4.98. The SMILES string of the molecule is C#CCNC(=O)c1cc2c(C)nn(Cc3ccccc3Cl)c2s1. The van der Waals surface area contributed by atoms with Gasteiger partial charge in [-0.05, 0) is 24.6 Å². The Balaban J connectivity index is 1.96. The number of aromatic nitrogens is 2. The topological polar surface area (TPSA) is 46.9 Å². The predicted octanol–water partition coefficient (Wildman–Crippen LogP) is 3.47. The van der Waals surface area contributed by atoms with Gasteiger partial charge in [0.25, 0.3) is 5.91 Å². The second-order valence-corrected chi connectivity index (χ2v) is 6.49. The summed E-state index contributed by atoms with van der Waals surface area (Å²) < 4.78 is 1.88. The molecule has 1 aromatic carbocycles. The number of thiophene rings is 1. The summed E-state index contributed by atoms with van der Waals surface area (Å²) in [5.74, 6) is 2.24. The van der Waals surface area contributed by atoms with Gasteiger partial charge in [0.1, 0.15) is 4.83 Å². The summed E-state index contributed by atoms with van der Waals surface area (Å²) in [7, 11) is 0. The summed E-state index contributed by atoms with van der Waals surface area (Å²) >= 11 is 7.63.